The molecule has 1 amide bonds. The summed E-state index contributed by atoms with van der Waals surface area (Å²) in [7, 11) is 0. The second-order valence-corrected chi connectivity index (χ2v) is 7.49. The molecule has 1 fully saturated rings. The molecule has 4 heterocycles. The number of aryl methyl sites for hydroxylation is 2. The van der Waals surface area contributed by atoms with Crippen molar-refractivity contribution in [3.8, 4) is 11.8 Å². The Hall–Kier alpha value is -3.57. The van der Waals surface area contributed by atoms with E-state index in [2.05, 4.69) is 31.8 Å². The molecular weight excluding hydrogens is 378 g/mol. The maximum absolute atomic E-state index is 12.8. The van der Waals surface area contributed by atoms with Gasteiger partial charge >= 0.3 is 0 Å². The third kappa shape index (κ3) is 3.93. The smallest absolute Gasteiger partial charge is 0.255 e. The number of fused-ring (bicyclic) bond motifs is 1. The summed E-state index contributed by atoms with van der Waals surface area (Å²) in [6, 6.07) is 1.91. The minimum Gasteiger partial charge on any atom is -0.383 e. The summed E-state index contributed by atoms with van der Waals surface area (Å²) in [5.41, 5.74) is 16.5. The fraction of sp³-hybridized carbons (Fsp3) is 0.318. The third-order valence-electron chi connectivity index (χ3n) is 5.30. The number of hydrogen-bond donors (Lipinski definition) is 2. The number of nitrogen functional groups attached to an aromatic ring is 1. The Kier molecular flexibility index (Phi) is 5.29. The number of rotatable bonds is 1. The highest BCUT2D eigenvalue weighted by atomic mass is 16.2. The van der Waals surface area contributed by atoms with Gasteiger partial charge in [0.25, 0.3) is 5.91 Å². The van der Waals surface area contributed by atoms with Crippen LogP contribution in [0.25, 0.3) is 11.0 Å². The molecule has 4 rings (SSSR count). The second-order valence-electron chi connectivity index (χ2n) is 7.49. The van der Waals surface area contributed by atoms with Gasteiger partial charge in [-0.05, 0) is 32.8 Å². The van der Waals surface area contributed by atoms with Crippen LogP contribution < -0.4 is 11.5 Å². The minimum atomic E-state index is -0.0543. The largest absolute Gasteiger partial charge is 0.383 e. The predicted molar refractivity (Wildman–Crippen MR) is 115 cm³/mol. The van der Waals surface area contributed by atoms with Crippen LogP contribution in [0.1, 0.15) is 45.7 Å². The van der Waals surface area contributed by atoms with Gasteiger partial charge in [-0.2, -0.15) is 0 Å². The number of likely N-dealkylation sites (tertiary alicyclic amines) is 1. The molecule has 0 aromatic carbocycles. The van der Waals surface area contributed by atoms with E-state index in [1.54, 1.807) is 24.7 Å². The number of amides is 1. The monoisotopic (exact) mass is 401 g/mol. The summed E-state index contributed by atoms with van der Waals surface area (Å²) in [4.78, 5) is 32.1. The molecule has 152 valence electrons. The zero-order valence-electron chi connectivity index (χ0n) is 17.0. The Balaban J connectivity index is 1.65. The van der Waals surface area contributed by atoms with E-state index in [1.165, 1.54) is 0 Å². The van der Waals surface area contributed by atoms with Crippen LogP contribution in [0.2, 0.25) is 0 Å². The molecule has 1 aliphatic heterocycles. The highest BCUT2D eigenvalue weighted by Crippen LogP contribution is 2.20. The topological polar surface area (TPSA) is 124 Å². The molecule has 0 aliphatic carbocycles. The van der Waals surface area contributed by atoms with Crippen LogP contribution in [0, 0.1) is 25.7 Å². The van der Waals surface area contributed by atoms with Gasteiger partial charge < -0.3 is 16.4 Å². The lowest BCUT2D eigenvalue weighted by molar-refractivity contribution is 0.0714. The van der Waals surface area contributed by atoms with Crippen molar-refractivity contribution < 1.29 is 4.79 Å². The van der Waals surface area contributed by atoms with Crippen molar-refractivity contribution in [1.29, 1.82) is 0 Å². The van der Waals surface area contributed by atoms with Crippen LogP contribution in [-0.2, 0) is 0 Å². The van der Waals surface area contributed by atoms with E-state index in [0.29, 0.717) is 40.8 Å². The fourth-order valence-corrected chi connectivity index (χ4v) is 3.38. The number of piperidine rings is 1. The molecule has 8 nitrogen and oxygen atoms in total. The van der Waals surface area contributed by atoms with Crippen molar-refractivity contribution in [1.82, 2.24) is 24.8 Å². The van der Waals surface area contributed by atoms with Gasteiger partial charge in [0.1, 0.15) is 16.9 Å². The molecule has 0 spiro atoms. The Morgan fingerprint density at radius 2 is 1.83 bits per heavy atom. The van der Waals surface area contributed by atoms with Crippen molar-refractivity contribution in [3.05, 3.63) is 52.7 Å². The third-order valence-corrected chi connectivity index (χ3v) is 5.30. The lowest BCUT2D eigenvalue weighted by Crippen LogP contribution is -2.42. The zero-order valence-corrected chi connectivity index (χ0v) is 17.0. The van der Waals surface area contributed by atoms with Crippen molar-refractivity contribution in [2.75, 3.05) is 18.8 Å². The highest BCUT2D eigenvalue weighted by Gasteiger charge is 2.22. The lowest BCUT2D eigenvalue weighted by atomic mass is 10.0. The summed E-state index contributed by atoms with van der Waals surface area (Å²) in [6.45, 7) is 5.10. The normalized spacial score (nSPS) is 14.4. The zero-order chi connectivity index (χ0) is 21.3. The van der Waals surface area contributed by atoms with Gasteiger partial charge in [-0.3, -0.25) is 9.78 Å². The Morgan fingerprint density at radius 1 is 1.10 bits per heavy atom. The maximum atomic E-state index is 12.8. The summed E-state index contributed by atoms with van der Waals surface area (Å²) in [6.07, 6.45) is 6.40. The van der Waals surface area contributed by atoms with Gasteiger partial charge in [0, 0.05) is 37.1 Å². The molecule has 1 aliphatic rings. The first-order valence-electron chi connectivity index (χ1n) is 9.83. The first kappa shape index (κ1) is 19.7. The summed E-state index contributed by atoms with van der Waals surface area (Å²) in [5.74, 6) is 6.33. The SMILES string of the molecule is Cc1nc2cnc(N)c(C#Cc3cncc(C(=O)N4CCC(N)CC4)c3)c2nc1C. The number of anilines is 1. The van der Waals surface area contributed by atoms with Crippen molar-refractivity contribution >= 4 is 22.8 Å². The van der Waals surface area contributed by atoms with Crippen molar-refractivity contribution in [3.63, 3.8) is 0 Å². The van der Waals surface area contributed by atoms with Gasteiger partial charge in [-0.1, -0.05) is 11.8 Å². The molecule has 8 heteroatoms. The number of pyridine rings is 2. The molecule has 0 saturated carbocycles. The molecule has 4 N–H and O–H groups in total. The summed E-state index contributed by atoms with van der Waals surface area (Å²) in [5, 5.41) is 0. The van der Waals surface area contributed by atoms with Gasteiger partial charge in [0.05, 0.1) is 28.7 Å². The summed E-state index contributed by atoms with van der Waals surface area (Å²) < 4.78 is 0. The van der Waals surface area contributed by atoms with Gasteiger partial charge in [0.2, 0.25) is 0 Å². The van der Waals surface area contributed by atoms with E-state index in [4.69, 9.17) is 11.5 Å². The summed E-state index contributed by atoms with van der Waals surface area (Å²) >= 11 is 0. The van der Waals surface area contributed by atoms with Gasteiger partial charge in [0.15, 0.2) is 0 Å². The van der Waals surface area contributed by atoms with E-state index in [-0.39, 0.29) is 17.8 Å². The molecule has 30 heavy (non-hydrogen) atoms. The van der Waals surface area contributed by atoms with Crippen molar-refractivity contribution in [2.24, 2.45) is 5.73 Å². The molecule has 0 atom stereocenters. The van der Waals surface area contributed by atoms with Crippen LogP contribution in [0.15, 0.2) is 24.7 Å². The standard InChI is InChI=1S/C22H23N7O/c1-13-14(2)28-20-18(21(24)26-12-19(20)27-13)4-3-15-9-16(11-25-10-15)22(30)29-7-5-17(23)6-8-29/h9-12,17H,5-8,23H2,1-2H3,(H2,24,26). The van der Waals surface area contributed by atoms with E-state index >= 15 is 0 Å². The molecular formula is C22H23N7O. The predicted octanol–water partition coefficient (Wildman–Crippen LogP) is 1.58. The van der Waals surface area contributed by atoms with E-state index in [0.717, 1.165) is 24.2 Å². The Bertz CT molecular complexity index is 1190. The van der Waals surface area contributed by atoms with Gasteiger partial charge in [-0.25, -0.2) is 15.0 Å². The number of carbonyl (C=O) groups excluding carboxylic acids is 1. The second kappa shape index (κ2) is 8.05. The average Bonchev–Trinajstić information content (AvgIpc) is 2.74. The number of carbonyl (C=O) groups is 1. The van der Waals surface area contributed by atoms with E-state index in [9.17, 15) is 4.79 Å². The number of nitrogens with zero attached hydrogens (tertiary/aromatic N) is 5. The molecule has 3 aromatic rings. The van der Waals surface area contributed by atoms with Crippen molar-refractivity contribution in [2.45, 2.75) is 32.7 Å². The van der Waals surface area contributed by atoms with E-state index in [1.807, 2.05) is 18.7 Å². The van der Waals surface area contributed by atoms with Crippen LogP contribution in [0.4, 0.5) is 5.82 Å². The number of nitrogens with two attached hydrogens (primary N) is 2. The maximum Gasteiger partial charge on any atom is 0.255 e. The van der Waals surface area contributed by atoms with Crippen LogP contribution in [0.5, 0.6) is 0 Å². The minimum absolute atomic E-state index is 0.0543. The molecule has 0 bridgehead atoms. The quantitative estimate of drug-likeness (QED) is 0.593. The molecule has 3 aromatic heterocycles. The Labute approximate surface area is 174 Å². The highest BCUT2D eigenvalue weighted by molar-refractivity contribution is 5.94. The molecule has 0 radical (unpaired) electrons. The van der Waals surface area contributed by atoms with Crippen LogP contribution >= 0.6 is 0 Å². The van der Waals surface area contributed by atoms with Crippen LogP contribution in [0.3, 0.4) is 0 Å². The average molecular weight is 401 g/mol. The molecule has 1 saturated heterocycles. The lowest BCUT2D eigenvalue weighted by Gasteiger charge is -2.30. The fourth-order valence-electron chi connectivity index (χ4n) is 3.38. The van der Waals surface area contributed by atoms with E-state index < -0.39 is 0 Å². The first-order chi connectivity index (χ1) is 14.4. The molecule has 0 unspecified atom stereocenters. The Morgan fingerprint density at radius 3 is 2.60 bits per heavy atom. The number of hydrogen-bond acceptors (Lipinski definition) is 7. The number of aromatic nitrogens is 4. The first-order valence-corrected chi connectivity index (χ1v) is 9.83. The van der Waals surface area contributed by atoms with Crippen LogP contribution in [-0.4, -0.2) is 49.9 Å². The van der Waals surface area contributed by atoms with Gasteiger partial charge in [-0.15, -0.1) is 0 Å².